The van der Waals surface area contributed by atoms with Gasteiger partial charge in [0, 0.05) is 6.92 Å². The fourth-order valence-electron chi connectivity index (χ4n) is 2.57. The Bertz CT molecular complexity index is 890. The van der Waals surface area contributed by atoms with Crippen LogP contribution in [0.3, 0.4) is 0 Å². The summed E-state index contributed by atoms with van der Waals surface area (Å²) in [5.74, 6) is -1.45. The van der Waals surface area contributed by atoms with Crippen molar-refractivity contribution in [2.24, 2.45) is 0 Å². The molecule has 2 aromatic rings. The Morgan fingerprint density at radius 2 is 1.71 bits per heavy atom. The lowest BCUT2D eigenvalue weighted by Crippen LogP contribution is -2.33. The molecule has 0 unspecified atom stereocenters. The number of hydrogen-bond acceptors (Lipinski definition) is 5. The number of amides is 2. The molecule has 0 fully saturated rings. The number of ether oxygens (including phenoxy) is 1. The van der Waals surface area contributed by atoms with Crippen molar-refractivity contribution in [3.05, 3.63) is 65.7 Å². The third-order valence-electron chi connectivity index (χ3n) is 3.93. The average Bonchev–Trinajstić information content (AvgIpc) is 2.68. The van der Waals surface area contributed by atoms with Crippen molar-refractivity contribution in [3.63, 3.8) is 0 Å². The summed E-state index contributed by atoms with van der Waals surface area (Å²) < 4.78 is 5.21. The minimum atomic E-state index is -1.06. The lowest BCUT2D eigenvalue weighted by Gasteiger charge is -2.19. The van der Waals surface area contributed by atoms with E-state index in [0.29, 0.717) is 11.3 Å². The van der Waals surface area contributed by atoms with Crippen molar-refractivity contribution in [3.8, 4) is 6.07 Å². The Hall–Kier alpha value is -3.66. The number of para-hydroxylation sites is 1. The van der Waals surface area contributed by atoms with Crippen LogP contribution < -0.4 is 10.6 Å². The molecule has 144 valence electrons. The molecule has 0 spiro atoms. The van der Waals surface area contributed by atoms with Crippen LogP contribution in [0, 0.1) is 11.3 Å². The first-order valence-electron chi connectivity index (χ1n) is 8.72. The summed E-state index contributed by atoms with van der Waals surface area (Å²) in [6.07, 6.45) is -1.18. The molecule has 0 aliphatic rings. The summed E-state index contributed by atoms with van der Waals surface area (Å²) in [6.45, 7) is 2.81. The topological polar surface area (TPSA) is 108 Å². The minimum Gasteiger partial charge on any atom is -0.452 e. The van der Waals surface area contributed by atoms with E-state index in [2.05, 4.69) is 10.6 Å². The highest BCUT2D eigenvalue weighted by Crippen LogP contribution is 2.18. The highest BCUT2D eigenvalue weighted by atomic mass is 16.5. The van der Waals surface area contributed by atoms with Gasteiger partial charge in [0.1, 0.15) is 6.07 Å². The van der Waals surface area contributed by atoms with Crippen molar-refractivity contribution in [2.75, 3.05) is 5.32 Å². The van der Waals surface area contributed by atoms with Gasteiger partial charge in [-0.05, 0) is 24.6 Å². The average molecular weight is 379 g/mol. The molecule has 0 heterocycles. The molecule has 0 aliphatic carbocycles. The molecule has 2 aromatic carbocycles. The molecule has 0 aromatic heterocycles. The first-order valence-corrected chi connectivity index (χ1v) is 8.72. The van der Waals surface area contributed by atoms with Crippen LogP contribution in [0.1, 0.15) is 37.4 Å². The molecule has 7 heteroatoms. The number of rotatable bonds is 7. The van der Waals surface area contributed by atoms with Crippen molar-refractivity contribution in [1.82, 2.24) is 5.32 Å². The van der Waals surface area contributed by atoms with E-state index in [1.165, 1.54) is 13.8 Å². The van der Waals surface area contributed by atoms with Gasteiger partial charge >= 0.3 is 5.97 Å². The number of carbonyl (C=O) groups is 3. The summed E-state index contributed by atoms with van der Waals surface area (Å²) in [5, 5.41) is 14.4. The minimum absolute atomic E-state index is 0.115. The molecule has 0 saturated heterocycles. The van der Waals surface area contributed by atoms with Gasteiger partial charge in [-0.1, -0.05) is 42.5 Å². The van der Waals surface area contributed by atoms with Crippen molar-refractivity contribution in [2.45, 2.75) is 32.4 Å². The first kappa shape index (κ1) is 20.6. The van der Waals surface area contributed by atoms with Gasteiger partial charge in [-0.3, -0.25) is 14.4 Å². The smallest absolute Gasteiger partial charge is 0.309 e. The Labute approximate surface area is 163 Å². The third kappa shape index (κ3) is 5.95. The molecule has 2 atom stereocenters. The molecular weight excluding hydrogens is 358 g/mol. The Balaban J connectivity index is 1.99. The van der Waals surface area contributed by atoms with Gasteiger partial charge in [0.05, 0.1) is 23.7 Å². The monoisotopic (exact) mass is 379 g/mol. The van der Waals surface area contributed by atoms with Crippen LogP contribution in [-0.2, 0) is 19.1 Å². The lowest BCUT2D eigenvalue weighted by atomic mass is 10.0. The summed E-state index contributed by atoms with van der Waals surface area (Å²) in [6, 6.07) is 17.0. The van der Waals surface area contributed by atoms with E-state index in [1.807, 2.05) is 12.1 Å². The summed E-state index contributed by atoms with van der Waals surface area (Å²) in [4.78, 5) is 36.0. The van der Waals surface area contributed by atoms with Crippen molar-refractivity contribution < 1.29 is 19.1 Å². The number of carbonyl (C=O) groups excluding carboxylic acids is 3. The van der Waals surface area contributed by atoms with Crippen LogP contribution in [0.25, 0.3) is 0 Å². The molecule has 0 bridgehead atoms. The molecular formula is C21H21N3O4. The maximum atomic E-state index is 12.3. The van der Waals surface area contributed by atoms with E-state index in [1.54, 1.807) is 48.5 Å². The second-order valence-electron chi connectivity index (χ2n) is 6.15. The number of nitrogens with one attached hydrogen (secondary N) is 2. The molecule has 2 amide bonds. The summed E-state index contributed by atoms with van der Waals surface area (Å²) in [7, 11) is 0. The maximum Gasteiger partial charge on any atom is 0.309 e. The van der Waals surface area contributed by atoms with Crippen LogP contribution >= 0.6 is 0 Å². The Morgan fingerprint density at radius 1 is 1.07 bits per heavy atom. The van der Waals surface area contributed by atoms with Gasteiger partial charge in [-0.2, -0.15) is 5.26 Å². The number of esters is 1. The molecule has 28 heavy (non-hydrogen) atoms. The highest BCUT2D eigenvalue weighted by molar-refractivity contribution is 5.96. The van der Waals surface area contributed by atoms with Gasteiger partial charge in [0.2, 0.25) is 5.91 Å². The van der Waals surface area contributed by atoms with Crippen LogP contribution in [0.5, 0.6) is 0 Å². The third-order valence-corrected chi connectivity index (χ3v) is 3.93. The largest absolute Gasteiger partial charge is 0.452 e. The number of nitrogens with zero attached hydrogens (tertiary/aromatic N) is 1. The van der Waals surface area contributed by atoms with E-state index in [9.17, 15) is 14.4 Å². The lowest BCUT2D eigenvalue weighted by molar-refractivity contribution is -0.153. The molecule has 7 nitrogen and oxygen atoms in total. The van der Waals surface area contributed by atoms with E-state index >= 15 is 0 Å². The second-order valence-corrected chi connectivity index (χ2v) is 6.15. The predicted octanol–water partition coefficient (Wildman–Crippen LogP) is 2.70. The summed E-state index contributed by atoms with van der Waals surface area (Å²) >= 11 is 0. The number of anilines is 1. The molecule has 0 saturated carbocycles. The number of hydrogen-bond donors (Lipinski definition) is 2. The summed E-state index contributed by atoms with van der Waals surface area (Å²) in [5.41, 5.74) is 1.41. The van der Waals surface area contributed by atoms with Gasteiger partial charge in [0.25, 0.3) is 5.91 Å². The van der Waals surface area contributed by atoms with Gasteiger partial charge in [0.15, 0.2) is 6.10 Å². The van der Waals surface area contributed by atoms with Crippen LogP contribution in [-0.4, -0.2) is 23.9 Å². The van der Waals surface area contributed by atoms with Gasteiger partial charge in [-0.15, -0.1) is 0 Å². The molecule has 0 radical (unpaired) electrons. The zero-order valence-electron chi connectivity index (χ0n) is 15.6. The van der Waals surface area contributed by atoms with Crippen LogP contribution in [0.2, 0.25) is 0 Å². The predicted molar refractivity (Wildman–Crippen MR) is 103 cm³/mol. The SMILES string of the molecule is CC(=O)N[C@H](CC(=O)O[C@@H](C)C(=O)Nc1ccccc1C#N)c1ccccc1. The van der Waals surface area contributed by atoms with E-state index in [-0.39, 0.29) is 12.3 Å². The standard InChI is InChI=1S/C21H21N3O4/c1-14(21(27)24-18-11-7-6-10-17(18)13-22)28-20(26)12-19(23-15(2)25)16-8-4-3-5-9-16/h3-11,14,19H,12H2,1-2H3,(H,23,25)(H,24,27)/t14-,19+/m0/s1. The highest BCUT2D eigenvalue weighted by Gasteiger charge is 2.23. The van der Waals surface area contributed by atoms with E-state index in [4.69, 9.17) is 10.00 Å². The number of nitriles is 1. The fourth-order valence-corrected chi connectivity index (χ4v) is 2.57. The normalized spacial score (nSPS) is 12.2. The molecule has 2 rings (SSSR count). The fraction of sp³-hybridized carbons (Fsp3) is 0.238. The Kier molecular flexibility index (Phi) is 7.28. The van der Waals surface area contributed by atoms with E-state index in [0.717, 1.165) is 5.56 Å². The maximum absolute atomic E-state index is 12.3. The molecule has 2 N–H and O–H groups in total. The van der Waals surface area contributed by atoms with E-state index < -0.39 is 24.0 Å². The van der Waals surface area contributed by atoms with Crippen LogP contribution in [0.4, 0.5) is 5.69 Å². The molecule has 0 aliphatic heterocycles. The second kappa shape index (κ2) is 9.88. The van der Waals surface area contributed by atoms with Crippen molar-refractivity contribution in [1.29, 1.82) is 5.26 Å². The zero-order valence-corrected chi connectivity index (χ0v) is 15.6. The Morgan fingerprint density at radius 3 is 2.36 bits per heavy atom. The van der Waals surface area contributed by atoms with Crippen LogP contribution in [0.15, 0.2) is 54.6 Å². The van der Waals surface area contributed by atoms with Gasteiger partial charge < -0.3 is 15.4 Å². The van der Waals surface area contributed by atoms with Crippen molar-refractivity contribution >= 4 is 23.5 Å². The quantitative estimate of drug-likeness (QED) is 0.719. The van der Waals surface area contributed by atoms with Gasteiger partial charge in [-0.25, -0.2) is 0 Å². The zero-order chi connectivity index (χ0) is 20.5. The number of benzene rings is 2. The first-order chi connectivity index (χ1) is 13.4.